The lowest BCUT2D eigenvalue weighted by Crippen LogP contribution is -1.96. The lowest BCUT2D eigenvalue weighted by molar-refractivity contribution is 0.0606. The summed E-state index contributed by atoms with van der Waals surface area (Å²) < 4.78 is 5.74. The second-order valence-corrected chi connectivity index (χ2v) is 5.03. The molecule has 0 saturated carbocycles. The molecule has 0 aliphatic rings. The first-order valence-electron chi connectivity index (χ1n) is 5.77. The molecule has 1 aromatic carbocycles. The highest BCUT2D eigenvalue weighted by Crippen LogP contribution is 2.29. The van der Waals surface area contributed by atoms with Crippen LogP contribution >= 0.6 is 11.3 Å². The molecule has 3 aromatic rings. The van der Waals surface area contributed by atoms with E-state index >= 15 is 0 Å². The number of thiophene rings is 1. The molecule has 0 amide bonds. The second-order valence-electron chi connectivity index (χ2n) is 3.94. The van der Waals surface area contributed by atoms with Gasteiger partial charge in [-0.3, -0.25) is 0 Å². The number of fused-ring (bicyclic) bond motifs is 1. The molecule has 100 valence electrons. The summed E-state index contributed by atoms with van der Waals surface area (Å²) in [5, 5.41) is 4.04. The monoisotopic (exact) mass is 286 g/mol. The van der Waals surface area contributed by atoms with Crippen molar-refractivity contribution in [1.82, 2.24) is 15.0 Å². The Morgan fingerprint density at radius 3 is 2.80 bits per heavy atom. The topological polar surface area (TPSA) is 77.0 Å². The third-order valence-corrected chi connectivity index (χ3v) is 3.75. The smallest absolute Gasteiger partial charge is 0.348 e. The van der Waals surface area contributed by atoms with Gasteiger partial charge in [-0.2, -0.15) is 0 Å². The summed E-state index contributed by atoms with van der Waals surface area (Å²) in [6.45, 7) is 0. The van der Waals surface area contributed by atoms with Crippen molar-refractivity contribution in [3.63, 3.8) is 0 Å². The van der Waals surface area contributed by atoms with Crippen molar-refractivity contribution in [3.8, 4) is 0 Å². The van der Waals surface area contributed by atoms with Gasteiger partial charge < -0.3 is 10.1 Å². The number of methoxy groups -OCH3 is 1. The Hall–Kier alpha value is -2.54. The van der Waals surface area contributed by atoms with E-state index in [0.29, 0.717) is 10.8 Å². The molecule has 0 aliphatic carbocycles. The third kappa shape index (κ3) is 2.43. The number of hydrogen-bond donors (Lipinski definition) is 1. The van der Waals surface area contributed by atoms with Gasteiger partial charge in [0.15, 0.2) is 0 Å². The number of rotatable bonds is 3. The fraction of sp³-hybridized carbons (Fsp3) is 0.0769. The van der Waals surface area contributed by atoms with Crippen LogP contribution in [0.1, 0.15) is 9.67 Å². The molecule has 0 bridgehead atoms. The molecule has 0 fully saturated rings. The number of aromatic nitrogens is 3. The van der Waals surface area contributed by atoms with Gasteiger partial charge in [0.1, 0.15) is 17.5 Å². The van der Waals surface area contributed by atoms with Crippen molar-refractivity contribution in [2.45, 2.75) is 0 Å². The van der Waals surface area contributed by atoms with Gasteiger partial charge >= 0.3 is 5.97 Å². The molecule has 6 nitrogen and oxygen atoms in total. The maximum absolute atomic E-state index is 11.5. The van der Waals surface area contributed by atoms with Crippen molar-refractivity contribution < 1.29 is 9.53 Å². The summed E-state index contributed by atoms with van der Waals surface area (Å²) in [5.74, 6) is 0.154. The first kappa shape index (κ1) is 12.5. The fourth-order valence-electron chi connectivity index (χ4n) is 1.76. The van der Waals surface area contributed by atoms with Crippen LogP contribution in [0.2, 0.25) is 0 Å². The van der Waals surface area contributed by atoms with Crippen LogP contribution in [0.4, 0.5) is 11.6 Å². The number of esters is 1. The maximum atomic E-state index is 11.5. The van der Waals surface area contributed by atoms with Crippen molar-refractivity contribution in [2.24, 2.45) is 0 Å². The first-order valence-corrected chi connectivity index (χ1v) is 6.59. The Morgan fingerprint density at radius 1 is 1.25 bits per heavy atom. The molecule has 0 radical (unpaired) electrons. The zero-order valence-electron chi connectivity index (χ0n) is 10.5. The molecule has 7 heteroatoms. The fourth-order valence-corrected chi connectivity index (χ4v) is 2.72. The Bertz CT molecular complexity index is 757. The van der Waals surface area contributed by atoms with E-state index in [4.69, 9.17) is 4.74 Å². The average Bonchev–Trinajstić information content (AvgIpc) is 2.90. The van der Waals surface area contributed by atoms with Gasteiger partial charge in [0, 0.05) is 10.4 Å². The van der Waals surface area contributed by atoms with Crippen LogP contribution in [0.25, 0.3) is 10.1 Å². The molecule has 0 aliphatic heterocycles. The number of nitrogens with zero attached hydrogens (tertiary/aromatic N) is 3. The number of anilines is 2. The van der Waals surface area contributed by atoms with Crippen LogP contribution in [0.5, 0.6) is 0 Å². The number of carbonyl (C=O) groups excluding carboxylic acids is 1. The highest BCUT2D eigenvalue weighted by Gasteiger charge is 2.10. The summed E-state index contributed by atoms with van der Waals surface area (Å²) in [5.41, 5.74) is 0.845. The zero-order valence-corrected chi connectivity index (χ0v) is 11.3. The number of nitrogens with one attached hydrogen (secondary N) is 1. The normalized spacial score (nSPS) is 10.4. The number of hydrogen-bond acceptors (Lipinski definition) is 7. The predicted octanol–water partition coefficient (Wildman–Crippen LogP) is 2.62. The molecule has 2 aromatic heterocycles. The minimum Gasteiger partial charge on any atom is -0.465 e. The molecule has 0 spiro atoms. The van der Waals surface area contributed by atoms with Gasteiger partial charge in [0.25, 0.3) is 0 Å². The molecule has 3 rings (SSSR count). The van der Waals surface area contributed by atoms with E-state index in [1.807, 2.05) is 24.3 Å². The Kier molecular flexibility index (Phi) is 3.26. The molecule has 0 atom stereocenters. The van der Waals surface area contributed by atoms with Crippen molar-refractivity contribution in [3.05, 3.63) is 41.8 Å². The molecule has 0 unspecified atom stereocenters. The summed E-state index contributed by atoms with van der Waals surface area (Å²) in [6.07, 6.45) is 2.85. The van der Waals surface area contributed by atoms with Crippen molar-refractivity contribution >= 4 is 39.0 Å². The molecule has 1 N–H and O–H groups in total. The lowest BCUT2D eigenvalue weighted by atomic mass is 10.2. The maximum Gasteiger partial charge on any atom is 0.348 e. The van der Waals surface area contributed by atoms with E-state index in [2.05, 4.69) is 20.3 Å². The van der Waals surface area contributed by atoms with E-state index < -0.39 is 0 Å². The lowest BCUT2D eigenvalue weighted by Gasteiger charge is -2.03. The molecule has 0 saturated heterocycles. The zero-order chi connectivity index (χ0) is 13.9. The van der Waals surface area contributed by atoms with E-state index in [1.165, 1.54) is 31.1 Å². The molecular formula is C13H10N4O2S. The molecule has 20 heavy (non-hydrogen) atoms. The van der Waals surface area contributed by atoms with E-state index in [0.717, 1.165) is 15.8 Å². The van der Waals surface area contributed by atoms with E-state index in [9.17, 15) is 4.79 Å². The second kappa shape index (κ2) is 5.22. The Labute approximate surface area is 118 Å². The summed E-state index contributed by atoms with van der Waals surface area (Å²) in [7, 11) is 1.38. The van der Waals surface area contributed by atoms with Gasteiger partial charge in [-0.05, 0) is 29.7 Å². The molecular weight excluding hydrogens is 276 g/mol. The Balaban J connectivity index is 1.92. The summed E-state index contributed by atoms with van der Waals surface area (Å²) in [4.78, 5) is 23.8. The first-order chi connectivity index (χ1) is 9.76. The van der Waals surface area contributed by atoms with Crippen LogP contribution in [0.3, 0.4) is 0 Å². The van der Waals surface area contributed by atoms with Gasteiger partial charge in [-0.1, -0.05) is 0 Å². The van der Waals surface area contributed by atoms with Gasteiger partial charge in [0.2, 0.25) is 5.95 Å². The number of carbonyl (C=O) groups is 1. The Morgan fingerprint density at radius 2 is 2.05 bits per heavy atom. The quantitative estimate of drug-likeness (QED) is 0.746. The minimum atomic E-state index is -0.321. The summed E-state index contributed by atoms with van der Waals surface area (Å²) >= 11 is 1.40. The van der Waals surface area contributed by atoms with Crippen LogP contribution in [-0.2, 0) is 4.74 Å². The van der Waals surface area contributed by atoms with Crippen LogP contribution in [-0.4, -0.2) is 28.0 Å². The third-order valence-electron chi connectivity index (χ3n) is 2.65. The minimum absolute atomic E-state index is 0.321. The van der Waals surface area contributed by atoms with E-state index in [1.54, 1.807) is 0 Å². The van der Waals surface area contributed by atoms with E-state index in [-0.39, 0.29) is 5.97 Å². The van der Waals surface area contributed by atoms with Crippen LogP contribution in [0, 0.1) is 0 Å². The van der Waals surface area contributed by atoms with Gasteiger partial charge in [-0.25, -0.2) is 19.7 Å². The van der Waals surface area contributed by atoms with Gasteiger partial charge in [-0.15, -0.1) is 11.3 Å². The van der Waals surface area contributed by atoms with Crippen LogP contribution in [0.15, 0.2) is 36.9 Å². The number of ether oxygens (including phenoxy) is 1. The largest absolute Gasteiger partial charge is 0.465 e. The highest BCUT2D eigenvalue weighted by atomic mass is 32.1. The van der Waals surface area contributed by atoms with Crippen molar-refractivity contribution in [2.75, 3.05) is 12.4 Å². The average molecular weight is 286 g/mol. The number of benzene rings is 1. The van der Waals surface area contributed by atoms with Gasteiger partial charge in [0.05, 0.1) is 7.11 Å². The SMILES string of the molecule is COC(=O)c1cc2cc(Nc3ncncn3)ccc2s1. The predicted molar refractivity (Wildman–Crippen MR) is 76.3 cm³/mol. The standard InChI is InChI=1S/C13H10N4O2S/c1-19-12(18)11-5-8-4-9(2-3-10(8)20-11)17-13-15-6-14-7-16-13/h2-7H,1H3,(H,14,15,16,17). The van der Waals surface area contributed by atoms with Crippen molar-refractivity contribution in [1.29, 1.82) is 0 Å². The summed E-state index contributed by atoms with van der Waals surface area (Å²) in [6, 6.07) is 7.59. The highest BCUT2D eigenvalue weighted by molar-refractivity contribution is 7.20. The van der Waals surface area contributed by atoms with Crippen LogP contribution < -0.4 is 5.32 Å². The molecule has 2 heterocycles.